The number of urea groups is 1. The molecule has 0 saturated carbocycles. The predicted molar refractivity (Wildman–Crippen MR) is 86.1 cm³/mol. The first-order valence-corrected chi connectivity index (χ1v) is 7.16. The summed E-state index contributed by atoms with van der Waals surface area (Å²) in [7, 11) is 5.24. The molecule has 0 aliphatic rings. The smallest absolute Gasteiger partial charge is 0.323 e. The second-order valence-corrected chi connectivity index (χ2v) is 5.28. The van der Waals surface area contributed by atoms with Crippen molar-refractivity contribution in [2.45, 2.75) is 19.4 Å². The molecule has 1 aromatic heterocycles. The van der Waals surface area contributed by atoms with Crippen molar-refractivity contribution in [1.29, 1.82) is 0 Å². The number of nitrogens with one attached hydrogen (secondary N) is 1. The molecule has 118 valence electrons. The van der Waals surface area contributed by atoms with E-state index in [0.29, 0.717) is 5.82 Å². The second kappa shape index (κ2) is 6.98. The highest BCUT2D eigenvalue weighted by atomic mass is 16.5. The van der Waals surface area contributed by atoms with Crippen molar-refractivity contribution in [2.24, 2.45) is 7.05 Å². The Bertz CT molecular complexity index is 639. The molecule has 0 aliphatic heterocycles. The summed E-state index contributed by atoms with van der Waals surface area (Å²) < 4.78 is 7.00. The minimum absolute atomic E-state index is 0.0278. The number of rotatable bonds is 5. The summed E-state index contributed by atoms with van der Waals surface area (Å²) in [6.07, 6.45) is 2.50. The minimum atomic E-state index is -0.180. The third-order valence-electron chi connectivity index (χ3n) is 3.64. The van der Waals surface area contributed by atoms with Crippen molar-refractivity contribution in [3.8, 4) is 5.75 Å². The number of anilines is 1. The van der Waals surface area contributed by atoms with Gasteiger partial charge in [0.15, 0.2) is 5.82 Å². The van der Waals surface area contributed by atoms with Crippen molar-refractivity contribution >= 4 is 11.8 Å². The Hall–Kier alpha value is -2.50. The number of hydrogen-bond donors (Lipinski definition) is 1. The summed E-state index contributed by atoms with van der Waals surface area (Å²) in [5.74, 6) is 1.39. The molecule has 0 saturated heterocycles. The number of aryl methyl sites for hydroxylation is 1. The molecule has 2 amide bonds. The van der Waals surface area contributed by atoms with Gasteiger partial charge >= 0.3 is 6.03 Å². The van der Waals surface area contributed by atoms with Crippen LogP contribution in [0.25, 0.3) is 0 Å². The average Bonchev–Trinajstić information content (AvgIpc) is 2.92. The van der Waals surface area contributed by atoms with E-state index in [1.54, 1.807) is 36.0 Å². The van der Waals surface area contributed by atoms with Crippen molar-refractivity contribution in [3.63, 3.8) is 0 Å². The van der Waals surface area contributed by atoms with Gasteiger partial charge in [0, 0.05) is 32.4 Å². The molecule has 0 radical (unpaired) electrons. The molecule has 0 aliphatic carbocycles. The standard InChI is InChI=1S/C16H22N4O2/c1-12(11-13-7-5-6-8-14(13)22-4)20(3)16(21)17-15-9-10-19(2)18-15/h5-10,12H,11H2,1-4H3,(H,17,18,21)/t12-/m1/s1. The van der Waals surface area contributed by atoms with Gasteiger partial charge in [-0.05, 0) is 25.0 Å². The quantitative estimate of drug-likeness (QED) is 0.923. The van der Waals surface area contributed by atoms with Gasteiger partial charge in [-0.25, -0.2) is 4.79 Å². The van der Waals surface area contributed by atoms with Gasteiger partial charge < -0.3 is 9.64 Å². The molecule has 2 aromatic rings. The van der Waals surface area contributed by atoms with Gasteiger partial charge in [-0.1, -0.05) is 18.2 Å². The zero-order chi connectivity index (χ0) is 16.1. The molecule has 0 bridgehead atoms. The zero-order valence-corrected chi connectivity index (χ0v) is 13.4. The molecule has 6 heteroatoms. The van der Waals surface area contributed by atoms with Crippen LogP contribution < -0.4 is 10.1 Å². The van der Waals surface area contributed by atoms with E-state index >= 15 is 0 Å². The Morgan fingerprint density at radius 2 is 2.14 bits per heavy atom. The van der Waals surface area contributed by atoms with Gasteiger partial charge in [0.05, 0.1) is 7.11 Å². The number of para-hydroxylation sites is 1. The topological polar surface area (TPSA) is 59.4 Å². The number of likely N-dealkylation sites (N-methyl/N-ethyl adjacent to an activating group) is 1. The summed E-state index contributed by atoms with van der Waals surface area (Å²) in [6.45, 7) is 2.00. The maximum absolute atomic E-state index is 12.2. The fourth-order valence-electron chi connectivity index (χ4n) is 2.21. The van der Waals surface area contributed by atoms with E-state index in [4.69, 9.17) is 4.74 Å². The lowest BCUT2D eigenvalue weighted by atomic mass is 10.1. The normalized spacial score (nSPS) is 11.8. The summed E-state index contributed by atoms with van der Waals surface area (Å²) in [6, 6.07) is 9.45. The van der Waals surface area contributed by atoms with Crippen LogP contribution in [0.3, 0.4) is 0 Å². The molecular formula is C16H22N4O2. The van der Waals surface area contributed by atoms with Crippen molar-refractivity contribution in [2.75, 3.05) is 19.5 Å². The van der Waals surface area contributed by atoms with Crippen LogP contribution in [0, 0.1) is 0 Å². The van der Waals surface area contributed by atoms with E-state index in [-0.39, 0.29) is 12.1 Å². The van der Waals surface area contributed by atoms with E-state index in [0.717, 1.165) is 17.7 Å². The fourth-order valence-corrected chi connectivity index (χ4v) is 2.21. The Morgan fingerprint density at radius 1 is 1.41 bits per heavy atom. The molecule has 22 heavy (non-hydrogen) atoms. The first-order valence-electron chi connectivity index (χ1n) is 7.16. The molecule has 1 aromatic carbocycles. The van der Waals surface area contributed by atoms with Crippen LogP contribution in [0.5, 0.6) is 5.75 Å². The number of carbonyl (C=O) groups excluding carboxylic acids is 1. The molecule has 1 heterocycles. The van der Waals surface area contributed by atoms with Crippen LogP contribution in [0.1, 0.15) is 12.5 Å². The average molecular weight is 302 g/mol. The Balaban J connectivity index is 1.99. The van der Waals surface area contributed by atoms with E-state index in [9.17, 15) is 4.79 Å². The van der Waals surface area contributed by atoms with E-state index in [2.05, 4.69) is 10.4 Å². The van der Waals surface area contributed by atoms with Gasteiger partial charge in [-0.2, -0.15) is 5.10 Å². The number of carbonyl (C=O) groups is 1. The first-order chi connectivity index (χ1) is 10.5. The lowest BCUT2D eigenvalue weighted by molar-refractivity contribution is 0.207. The number of ether oxygens (including phenoxy) is 1. The molecule has 0 fully saturated rings. The van der Waals surface area contributed by atoms with Crippen LogP contribution >= 0.6 is 0 Å². The van der Waals surface area contributed by atoms with E-state index in [1.807, 2.05) is 38.2 Å². The molecule has 1 N–H and O–H groups in total. The zero-order valence-electron chi connectivity index (χ0n) is 13.4. The predicted octanol–water partition coefficient (Wildman–Crippen LogP) is 2.52. The summed E-state index contributed by atoms with van der Waals surface area (Å²) >= 11 is 0. The molecule has 0 spiro atoms. The highest BCUT2D eigenvalue weighted by Gasteiger charge is 2.18. The van der Waals surface area contributed by atoms with Gasteiger partial charge in [0.25, 0.3) is 0 Å². The number of amides is 2. The van der Waals surface area contributed by atoms with E-state index in [1.165, 1.54) is 0 Å². The van der Waals surface area contributed by atoms with Crippen LogP contribution in [-0.2, 0) is 13.5 Å². The number of nitrogens with zero attached hydrogens (tertiary/aromatic N) is 3. The lowest BCUT2D eigenvalue weighted by Crippen LogP contribution is -2.39. The minimum Gasteiger partial charge on any atom is -0.496 e. The van der Waals surface area contributed by atoms with Crippen molar-refractivity contribution in [3.05, 3.63) is 42.1 Å². The highest BCUT2D eigenvalue weighted by Crippen LogP contribution is 2.20. The monoisotopic (exact) mass is 302 g/mol. The van der Waals surface area contributed by atoms with Crippen molar-refractivity contribution in [1.82, 2.24) is 14.7 Å². The van der Waals surface area contributed by atoms with Crippen LogP contribution in [-0.4, -0.2) is 40.9 Å². The third-order valence-corrected chi connectivity index (χ3v) is 3.64. The number of benzene rings is 1. The van der Waals surface area contributed by atoms with Crippen LogP contribution in [0.15, 0.2) is 36.5 Å². The summed E-state index contributed by atoms with van der Waals surface area (Å²) in [4.78, 5) is 13.9. The molecule has 2 rings (SSSR count). The Labute approximate surface area is 130 Å². The third kappa shape index (κ3) is 3.78. The van der Waals surface area contributed by atoms with Crippen molar-refractivity contribution < 1.29 is 9.53 Å². The Kier molecular flexibility index (Phi) is 5.04. The second-order valence-electron chi connectivity index (χ2n) is 5.28. The first kappa shape index (κ1) is 15.9. The largest absolute Gasteiger partial charge is 0.496 e. The highest BCUT2D eigenvalue weighted by molar-refractivity contribution is 5.88. The van der Waals surface area contributed by atoms with Crippen LogP contribution in [0.4, 0.5) is 10.6 Å². The lowest BCUT2D eigenvalue weighted by Gasteiger charge is -2.25. The van der Waals surface area contributed by atoms with Gasteiger partial charge in [-0.15, -0.1) is 0 Å². The fraction of sp³-hybridized carbons (Fsp3) is 0.375. The van der Waals surface area contributed by atoms with Gasteiger partial charge in [0.1, 0.15) is 5.75 Å². The van der Waals surface area contributed by atoms with Gasteiger partial charge in [-0.3, -0.25) is 10.00 Å². The maximum Gasteiger partial charge on any atom is 0.323 e. The molecule has 1 atom stereocenters. The van der Waals surface area contributed by atoms with Crippen LogP contribution in [0.2, 0.25) is 0 Å². The SMILES string of the molecule is COc1ccccc1C[C@@H](C)N(C)C(=O)Nc1ccn(C)n1. The Morgan fingerprint density at radius 3 is 2.77 bits per heavy atom. The van der Waals surface area contributed by atoms with Gasteiger partial charge in [0.2, 0.25) is 0 Å². The number of hydrogen-bond acceptors (Lipinski definition) is 3. The summed E-state index contributed by atoms with van der Waals surface area (Å²) in [5.41, 5.74) is 1.08. The number of aromatic nitrogens is 2. The summed E-state index contributed by atoms with van der Waals surface area (Å²) in [5, 5.41) is 6.92. The molecular weight excluding hydrogens is 280 g/mol. The number of methoxy groups -OCH3 is 1. The maximum atomic E-state index is 12.2. The molecule has 6 nitrogen and oxygen atoms in total. The molecule has 0 unspecified atom stereocenters. The van der Waals surface area contributed by atoms with E-state index < -0.39 is 0 Å².